The highest BCUT2D eigenvalue weighted by Crippen LogP contribution is 2.22. The average molecular weight is 183 g/mol. The van der Waals surface area contributed by atoms with E-state index in [1.54, 1.807) is 7.11 Å². The van der Waals surface area contributed by atoms with Gasteiger partial charge in [-0.15, -0.1) is 0 Å². The highest BCUT2D eigenvalue weighted by Gasteiger charge is 1.98. The Morgan fingerprint density at radius 3 is 2.43 bits per heavy atom. The minimum Gasteiger partial charge on any atom is -0.496 e. The lowest BCUT2D eigenvalue weighted by molar-refractivity contribution is 0.414. The van der Waals surface area contributed by atoms with Crippen LogP contribution in [-0.2, 0) is 0 Å². The monoisotopic (exact) mass is 183 g/mol. The van der Waals surface area contributed by atoms with Crippen molar-refractivity contribution in [2.24, 2.45) is 0 Å². The van der Waals surface area contributed by atoms with Crippen molar-refractivity contribution in [2.45, 2.75) is 0 Å². The molecule has 0 aliphatic heterocycles. The lowest BCUT2D eigenvalue weighted by Gasteiger charge is -2.03. The molecule has 1 heteroatoms. The molecule has 0 aliphatic carbocycles. The van der Waals surface area contributed by atoms with E-state index < -0.39 is 0 Å². The lowest BCUT2D eigenvalue weighted by atomic mass is 10.1. The molecule has 0 aromatic heterocycles. The van der Waals surface area contributed by atoms with Crippen molar-refractivity contribution in [1.82, 2.24) is 0 Å². The summed E-state index contributed by atoms with van der Waals surface area (Å²) < 4.78 is 5.12. The van der Waals surface area contributed by atoms with Gasteiger partial charge in [0, 0.05) is 6.07 Å². The largest absolute Gasteiger partial charge is 0.496 e. The van der Waals surface area contributed by atoms with Gasteiger partial charge in [-0.1, -0.05) is 42.5 Å². The third kappa shape index (κ3) is 1.77. The first-order valence-electron chi connectivity index (χ1n) is 4.52. The third-order valence-electron chi connectivity index (χ3n) is 2.07. The van der Waals surface area contributed by atoms with Crippen molar-refractivity contribution < 1.29 is 4.74 Å². The Kier molecular flexibility index (Phi) is 2.50. The Bertz CT molecular complexity index is 407. The number of hydrogen-bond acceptors (Lipinski definition) is 1. The number of ether oxygens (including phenoxy) is 1. The number of methoxy groups -OCH3 is 1. The topological polar surface area (TPSA) is 9.23 Å². The fourth-order valence-electron chi connectivity index (χ4n) is 1.35. The predicted molar refractivity (Wildman–Crippen MR) is 57.3 cm³/mol. The third-order valence-corrected chi connectivity index (χ3v) is 2.07. The Morgan fingerprint density at radius 1 is 0.929 bits per heavy atom. The minimum atomic E-state index is 0.770. The SMILES string of the molecule is COc1[c]c(-c2ccccc2)ccc1. The van der Waals surface area contributed by atoms with Crippen LogP contribution in [0.15, 0.2) is 48.5 Å². The molecular formula is C13H11O. The second-order valence-electron chi connectivity index (χ2n) is 3.00. The second-order valence-corrected chi connectivity index (χ2v) is 3.00. The van der Waals surface area contributed by atoms with Crippen LogP contribution in [0.1, 0.15) is 0 Å². The van der Waals surface area contributed by atoms with Crippen LogP contribution in [0.25, 0.3) is 11.1 Å². The van der Waals surface area contributed by atoms with Gasteiger partial charge in [0.1, 0.15) is 5.75 Å². The van der Waals surface area contributed by atoms with Crippen LogP contribution in [-0.4, -0.2) is 7.11 Å². The van der Waals surface area contributed by atoms with E-state index in [1.807, 2.05) is 36.4 Å². The molecule has 0 heterocycles. The van der Waals surface area contributed by atoms with E-state index in [1.165, 1.54) is 0 Å². The highest BCUT2D eigenvalue weighted by atomic mass is 16.5. The summed E-state index contributed by atoms with van der Waals surface area (Å²) in [6.07, 6.45) is 0. The fourth-order valence-corrected chi connectivity index (χ4v) is 1.35. The summed E-state index contributed by atoms with van der Waals surface area (Å²) in [5.41, 5.74) is 2.22. The molecule has 14 heavy (non-hydrogen) atoms. The molecule has 0 spiro atoms. The Balaban J connectivity index is 2.42. The predicted octanol–water partition coefficient (Wildman–Crippen LogP) is 3.16. The maximum atomic E-state index is 5.12. The number of hydrogen-bond donors (Lipinski definition) is 0. The van der Waals surface area contributed by atoms with Gasteiger partial charge in [0.25, 0.3) is 0 Å². The van der Waals surface area contributed by atoms with Crippen LogP contribution < -0.4 is 4.74 Å². The Hall–Kier alpha value is -1.76. The maximum absolute atomic E-state index is 5.12. The normalized spacial score (nSPS) is 9.79. The Morgan fingerprint density at radius 2 is 1.71 bits per heavy atom. The molecule has 0 saturated carbocycles. The molecule has 1 nitrogen and oxygen atoms in total. The lowest BCUT2D eigenvalue weighted by Crippen LogP contribution is -1.83. The van der Waals surface area contributed by atoms with Gasteiger partial charge in [0.2, 0.25) is 0 Å². The summed E-state index contributed by atoms with van der Waals surface area (Å²) >= 11 is 0. The Labute approximate surface area is 84.0 Å². The zero-order valence-electron chi connectivity index (χ0n) is 8.03. The molecule has 69 valence electrons. The smallest absolute Gasteiger partial charge is 0.127 e. The summed E-state index contributed by atoms with van der Waals surface area (Å²) in [6.45, 7) is 0. The molecule has 0 amide bonds. The van der Waals surface area contributed by atoms with Gasteiger partial charge in [-0.3, -0.25) is 0 Å². The molecule has 0 fully saturated rings. The van der Waals surface area contributed by atoms with Crippen molar-refractivity contribution >= 4 is 0 Å². The average Bonchev–Trinajstić information content (AvgIpc) is 2.30. The molecule has 0 atom stereocenters. The van der Waals surface area contributed by atoms with Crippen molar-refractivity contribution in [3.63, 3.8) is 0 Å². The van der Waals surface area contributed by atoms with Gasteiger partial charge in [-0.05, 0) is 17.2 Å². The zero-order valence-corrected chi connectivity index (χ0v) is 8.03. The highest BCUT2D eigenvalue weighted by molar-refractivity contribution is 5.63. The fraction of sp³-hybridized carbons (Fsp3) is 0.0769. The van der Waals surface area contributed by atoms with E-state index in [-0.39, 0.29) is 0 Å². The summed E-state index contributed by atoms with van der Waals surface area (Å²) in [5, 5.41) is 0. The summed E-state index contributed by atoms with van der Waals surface area (Å²) in [4.78, 5) is 0. The van der Waals surface area contributed by atoms with E-state index in [2.05, 4.69) is 18.2 Å². The van der Waals surface area contributed by atoms with E-state index in [0.29, 0.717) is 0 Å². The van der Waals surface area contributed by atoms with E-state index in [4.69, 9.17) is 4.74 Å². The van der Waals surface area contributed by atoms with Gasteiger partial charge >= 0.3 is 0 Å². The van der Waals surface area contributed by atoms with Crippen molar-refractivity contribution in [3.05, 3.63) is 54.6 Å². The second kappa shape index (κ2) is 3.97. The van der Waals surface area contributed by atoms with Gasteiger partial charge in [-0.2, -0.15) is 0 Å². The summed E-state index contributed by atoms with van der Waals surface area (Å²) in [6, 6.07) is 19.2. The first kappa shape index (κ1) is 8.82. The molecule has 0 N–H and O–H groups in total. The molecular weight excluding hydrogens is 172 g/mol. The van der Waals surface area contributed by atoms with Crippen LogP contribution >= 0.6 is 0 Å². The van der Waals surface area contributed by atoms with E-state index in [0.717, 1.165) is 16.9 Å². The van der Waals surface area contributed by atoms with Crippen molar-refractivity contribution in [1.29, 1.82) is 0 Å². The molecule has 0 saturated heterocycles. The van der Waals surface area contributed by atoms with E-state index in [9.17, 15) is 0 Å². The molecule has 2 aromatic rings. The van der Waals surface area contributed by atoms with Crippen LogP contribution in [0, 0.1) is 6.07 Å². The molecule has 0 bridgehead atoms. The molecule has 2 aromatic carbocycles. The summed E-state index contributed by atoms with van der Waals surface area (Å²) in [7, 11) is 1.65. The molecule has 0 aliphatic rings. The maximum Gasteiger partial charge on any atom is 0.127 e. The van der Waals surface area contributed by atoms with Crippen molar-refractivity contribution in [2.75, 3.05) is 7.11 Å². The van der Waals surface area contributed by atoms with Crippen LogP contribution in [0.4, 0.5) is 0 Å². The first-order chi connectivity index (χ1) is 6.90. The number of rotatable bonds is 2. The molecule has 2 rings (SSSR count). The quantitative estimate of drug-likeness (QED) is 0.694. The van der Waals surface area contributed by atoms with Gasteiger partial charge in [0.15, 0.2) is 0 Å². The summed E-state index contributed by atoms with van der Waals surface area (Å²) in [5.74, 6) is 0.770. The van der Waals surface area contributed by atoms with Crippen LogP contribution in [0.5, 0.6) is 5.75 Å². The van der Waals surface area contributed by atoms with Crippen LogP contribution in [0.2, 0.25) is 0 Å². The van der Waals surface area contributed by atoms with Crippen LogP contribution in [0.3, 0.4) is 0 Å². The van der Waals surface area contributed by atoms with Crippen molar-refractivity contribution in [3.8, 4) is 16.9 Å². The van der Waals surface area contributed by atoms with Gasteiger partial charge < -0.3 is 4.74 Å². The molecule has 1 radical (unpaired) electrons. The standard InChI is InChI=1S/C13H11O/c1-14-13-9-5-8-12(10-13)11-6-3-2-4-7-11/h2-9H,1H3. The van der Waals surface area contributed by atoms with E-state index >= 15 is 0 Å². The first-order valence-corrected chi connectivity index (χ1v) is 4.52. The molecule has 0 unspecified atom stereocenters. The van der Waals surface area contributed by atoms with Gasteiger partial charge in [0.05, 0.1) is 7.11 Å². The number of benzene rings is 2. The van der Waals surface area contributed by atoms with Gasteiger partial charge in [-0.25, -0.2) is 0 Å². The zero-order chi connectivity index (χ0) is 9.80. The minimum absolute atomic E-state index is 0.770.